The van der Waals surface area contributed by atoms with Crippen LogP contribution in [-0.4, -0.2) is 60.4 Å². The summed E-state index contributed by atoms with van der Waals surface area (Å²) >= 11 is 0. The van der Waals surface area contributed by atoms with E-state index in [1.807, 2.05) is 43.3 Å². The molecule has 4 rings (SSSR count). The highest BCUT2D eigenvalue weighted by molar-refractivity contribution is 5.58. The maximum atomic E-state index is 5.64. The van der Waals surface area contributed by atoms with Crippen molar-refractivity contribution in [3.63, 3.8) is 0 Å². The summed E-state index contributed by atoms with van der Waals surface area (Å²) in [6.45, 7) is 8.06. The summed E-state index contributed by atoms with van der Waals surface area (Å²) in [7, 11) is 4.07. The van der Waals surface area contributed by atoms with Crippen molar-refractivity contribution in [3.05, 3.63) is 54.5 Å². The Hall–Kier alpha value is -3.66. The minimum Gasteiger partial charge on any atom is -0.368 e. The van der Waals surface area contributed by atoms with Crippen LogP contribution >= 0.6 is 0 Å². The van der Waals surface area contributed by atoms with Gasteiger partial charge < -0.3 is 15.2 Å². The molecule has 0 aromatic carbocycles. The maximum Gasteiger partial charge on any atom is 0.261 e. The monoisotopic (exact) mass is 447 g/mol. The van der Waals surface area contributed by atoms with Crippen LogP contribution in [0, 0.1) is 5.92 Å². The third-order valence-electron chi connectivity index (χ3n) is 6.03. The molecule has 4 heterocycles. The zero-order valence-corrected chi connectivity index (χ0v) is 19.6. The van der Waals surface area contributed by atoms with Crippen LogP contribution in [0.1, 0.15) is 32.2 Å². The number of hydrogen-bond acceptors (Lipinski definition) is 9. The molecule has 4 aromatic heterocycles. The molecule has 1 atom stereocenters. The predicted octanol–water partition coefficient (Wildman–Crippen LogP) is 2.89. The van der Waals surface area contributed by atoms with Gasteiger partial charge >= 0.3 is 0 Å². The van der Waals surface area contributed by atoms with E-state index in [9.17, 15) is 0 Å². The molecular formula is C23H29N9O. The second-order valence-electron chi connectivity index (χ2n) is 8.84. The van der Waals surface area contributed by atoms with Crippen molar-refractivity contribution in [1.29, 1.82) is 0 Å². The van der Waals surface area contributed by atoms with Gasteiger partial charge in [0, 0.05) is 36.9 Å². The average Bonchev–Trinajstić information content (AvgIpc) is 3.47. The van der Waals surface area contributed by atoms with Crippen molar-refractivity contribution >= 4 is 5.95 Å². The van der Waals surface area contributed by atoms with E-state index >= 15 is 0 Å². The molecule has 10 heteroatoms. The quantitative estimate of drug-likeness (QED) is 0.434. The molecule has 0 spiro atoms. The predicted molar refractivity (Wildman–Crippen MR) is 125 cm³/mol. The first kappa shape index (κ1) is 22.5. The lowest BCUT2D eigenvalue weighted by Crippen LogP contribution is -2.31. The van der Waals surface area contributed by atoms with Crippen LogP contribution in [0.5, 0.6) is 0 Å². The van der Waals surface area contributed by atoms with E-state index in [1.165, 1.54) is 0 Å². The van der Waals surface area contributed by atoms with E-state index in [0.717, 1.165) is 35.5 Å². The number of nitrogens with two attached hydrogens (primary N) is 1. The van der Waals surface area contributed by atoms with Crippen LogP contribution in [0.2, 0.25) is 0 Å². The molecule has 0 fully saturated rings. The first-order valence-electron chi connectivity index (χ1n) is 10.8. The Bertz CT molecular complexity index is 1200. The van der Waals surface area contributed by atoms with Crippen molar-refractivity contribution in [2.24, 2.45) is 5.92 Å². The summed E-state index contributed by atoms with van der Waals surface area (Å²) in [4.78, 5) is 19.6. The molecule has 0 amide bonds. The molecule has 172 valence electrons. The largest absolute Gasteiger partial charge is 0.368 e. The second kappa shape index (κ2) is 9.07. The van der Waals surface area contributed by atoms with Gasteiger partial charge in [0.25, 0.3) is 5.89 Å². The zero-order valence-electron chi connectivity index (χ0n) is 19.6. The third kappa shape index (κ3) is 4.61. The fraction of sp³-hybridized carbons (Fsp3) is 0.391. The number of rotatable bonds is 8. The van der Waals surface area contributed by atoms with Crippen molar-refractivity contribution in [2.75, 3.05) is 26.4 Å². The molecule has 33 heavy (non-hydrogen) atoms. The van der Waals surface area contributed by atoms with Crippen molar-refractivity contribution < 1.29 is 4.52 Å². The van der Waals surface area contributed by atoms with Gasteiger partial charge in [0.15, 0.2) is 5.82 Å². The Morgan fingerprint density at radius 1 is 1.06 bits per heavy atom. The Labute approximate surface area is 192 Å². The van der Waals surface area contributed by atoms with Gasteiger partial charge in [-0.25, -0.2) is 9.97 Å². The molecule has 2 N–H and O–H groups in total. The number of nitrogen functional groups attached to an aromatic ring is 1. The zero-order chi connectivity index (χ0) is 23.6. The van der Waals surface area contributed by atoms with Crippen LogP contribution in [0.15, 0.2) is 47.6 Å². The minimum absolute atomic E-state index is 0.193. The third-order valence-corrected chi connectivity index (χ3v) is 6.03. The second-order valence-corrected chi connectivity index (χ2v) is 8.84. The van der Waals surface area contributed by atoms with Crippen molar-refractivity contribution in [2.45, 2.75) is 32.7 Å². The van der Waals surface area contributed by atoms with Crippen LogP contribution in [0.4, 0.5) is 5.95 Å². The minimum atomic E-state index is -0.494. The summed E-state index contributed by atoms with van der Waals surface area (Å²) in [5.41, 5.74) is 8.45. The molecule has 10 nitrogen and oxygen atoms in total. The number of pyridine rings is 1. The van der Waals surface area contributed by atoms with Crippen molar-refractivity contribution in [1.82, 2.24) is 39.8 Å². The van der Waals surface area contributed by atoms with E-state index in [-0.39, 0.29) is 11.9 Å². The molecular weight excluding hydrogens is 418 g/mol. The van der Waals surface area contributed by atoms with E-state index in [2.05, 4.69) is 50.9 Å². The van der Waals surface area contributed by atoms with Crippen LogP contribution in [0.3, 0.4) is 0 Å². The fourth-order valence-electron chi connectivity index (χ4n) is 3.51. The van der Waals surface area contributed by atoms with Gasteiger partial charge in [0.1, 0.15) is 0 Å². The standard InChI is InChI=1S/C23H29N9O/c1-15(2)23(3,18-6-7-19(25-13-18)16-10-26-22(24)27-11-16)21-29-20(33-30-21)17-12-28-32(14-17)9-8-31(4)5/h6-7,10-15H,8-9H2,1-5H3,(H2,24,26,27)/t23-/m0/s1. The van der Waals surface area contributed by atoms with E-state index in [0.29, 0.717) is 11.7 Å². The highest BCUT2D eigenvalue weighted by Gasteiger charge is 2.38. The molecule has 0 saturated heterocycles. The van der Waals surface area contributed by atoms with Crippen LogP contribution in [0.25, 0.3) is 22.7 Å². The van der Waals surface area contributed by atoms with Gasteiger partial charge in [0.2, 0.25) is 5.95 Å². The van der Waals surface area contributed by atoms with Gasteiger partial charge in [-0.2, -0.15) is 10.1 Å². The normalized spacial score (nSPS) is 13.5. The molecule has 0 bridgehead atoms. The van der Waals surface area contributed by atoms with Gasteiger partial charge in [-0.15, -0.1) is 0 Å². The van der Waals surface area contributed by atoms with E-state index < -0.39 is 5.41 Å². The molecule has 0 radical (unpaired) electrons. The molecule has 0 unspecified atom stereocenters. The highest BCUT2D eigenvalue weighted by Crippen LogP contribution is 2.38. The number of anilines is 1. The number of nitrogens with zero attached hydrogens (tertiary/aromatic N) is 8. The average molecular weight is 448 g/mol. The number of likely N-dealkylation sites (N-methyl/N-ethyl adjacent to an activating group) is 1. The lowest BCUT2D eigenvalue weighted by Gasteiger charge is -2.30. The Kier molecular flexibility index (Phi) is 6.19. The first-order chi connectivity index (χ1) is 15.8. The lowest BCUT2D eigenvalue weighted by molar-refractivity contribution is 0.350. The SMILES string of the molecule is CC(C)[C@@](C)(c1ccc(-c2cnc(N)nc2)nc1)c1noc(-c2cnn(CCN(C)C)c2)n1. The summed E-state index contributed by atoms with van der Waals surface area (Å²) in [5.74, 6) is 1.49. The molecule has 4 aromatic rings. The summed E-state index contributed by atoms with van der Waals surface area (Å²) in [6.07, 6.45) is 8.86. The molecule has 0 saturated carbocycles. The molecule has 0 aliphatic carbocycles. The Balaban J connectivity index is 1.61. The van der Waals surface area contributed by atoms with Gasteiger partial charge in [-0.1, -0.05) is 25.1 Å². The summed E-state index contributed by atoms with van der Waals surface area (Å²) < 4.78 is 7.52. The summed E-state index contributed by atoms with van der Waals surface area (Å²) in [6, 6.07) is 3.98. The van der Waals surface area contributed by atoms with E-state index in [1.54, 1.807) is 18.6 Å². The lowest BCUT2D eigenvalue weighted by atomic mass is 9.73. The number of aromatic nitrogens is 7. The molecule has 0 aliphatic rings. The fourth-order valence-corrected chi connectivity index (χ4v) is 3.51. The van der Waals surface area contributed by atoms with Crippen LogP contribution in [-0.2, 0) is 12.0 Å². The van der Waals surface area contributed by atoms with E-state index in [4.69, 9.17) is 15.2 Å². The maximum absolute atomic E-state index is 5.64. The van der Waals surface area contributed by atoms with Gasteiger partial charge in [-0.05, 0) is 38.6 Å². The van der Waals surface area contributed by atoms with Crippen LogP contribution < -0.4 is 5.73 Å². The summed E-state index contributed by atoms with van der Waals surface area (Å²) in [5, 5.41) is 8.75. The Morgan fingerprint density at radius 2 is 1.82 bits per heavy atom. The highest BCUT2D eigenvalue weighted by atomic mass is 16.5. The first-order valence-corrected chi connectivity index (χ1v) is 10.8. The van der Waals surface area contributed by atoms with Gasteiger partial charge in [-0.3, -0.25) is 9.67 Å². The Morgan fingerprint density at radius 3 is 2.45 bits per heavy atom. The topological polar surface area (TPSA) is 125 Å². The molecule has 0 aliphatic heterocycles. The van der Waals surface area contributed by atoms with Crippen molar-refractivity contribution in [3.8, 4) is 22.7 Å². The van der Waals surface area contributed by atoms with Gasteiger partial charge in [0.05, 0.1) is 29.4 Å². The number of hydrogen-bond donors (Lipinski definition) is 1. The smallest absolute Gasteiger partial charge is 0.261 e.